The van der Waals surface area contributed by atoms with E-state index in [2.05, 4.69) is 44.7 Å². The van der Waals surface area contributed by atoms with Gasteiger partial charge >= 0.3 is 0 Å². The number of hydrogen-bond donors (Lipinski definition) is 0. The zero-order chi connectivity index (χ0) is 9.68. The fourth-order valence-electron chi connectivity index (χ4n) is 1.16. The molecule has 0 saturated carbocycles. The fraction of sp³-hybridized carbons (Fsp3) is 0.333. The van der Waals surface area contributed by atoms with Crippen LogP contribution in [0.5, 0.6) is 0 Å². The molecule has 0 aliphatic carbocycles. The van der Waals surface area contributed by atoms with E-state index in [9.17, 15) is 0 Å². The van der Waals surface area contributed by atoms with Crippen LogP contribution < -0.4 is 0 Å². The molecule has 70 valence electrons. The zero-order valence-corrected chi connectivity index (χ0v) is 9.16. The van der Waals surface area contributed by atoms with E-state index in [0.29, 0.717) is 0 Å². The van der Waals surface area contributed by atoms with Crippen LogP contribution in [0.25, 0.3) is 0 Å². The van der Waals surface area contributed by atoms with E-state index in [1.54, 1.807) is 11.8 Å². The number of thioether (sulfide) groups is 1. The number of allylic oxidation sites excluding steroid dienone is 1. The molecular formula is C12H16S. The van der Waals surface area contributed by atoms with E-state index in [4.69, 9.17) is 0 Å². The van der Waals surface area contributed by atoms with E-state index in [0.717, 1.165) is 6.42 Å². The van der Waals surface area contributed by atoms with Gasteiger partial charge in [0.2, 0.25) is 0 Å². The predicted octanol–water partition coefficient (Wildman–Crippen LogP) is 4.40. The van der Waals surface area contributed by atoms with Crippen LogP contribution in [0.15, 0.2) is 40.6 Å². The van der Waals surface area contributed by atoms with E-state index in [-0.39, 0.29) is 0 Å². The molecule has 0 aliphatic heterocycles. The van der Waals surface area contributed by atoms with Gasteiger partial charge in [0.05, 0.1) is 0 Å². The first-order valence-electron chi connectivity index (χ1n) is 4.65. The Hall–Kier alpha value is -0.690. The molecule has 0 N–H and O–H groups in total. The van der Waals surface area contributed by atoms with E-state index < -0.39 is 0 Å². The monoisotopic (exact) mass is 192 g/mol. The molecule has 0 amide bonds. The molecule has 13 heavy (non-hydrogen) atoms. The first kappa shape index (κ1) is 10.4. The molecule has 1 rings (SSSR count). The molecule has 1 aromatic carbocycles. The molecule has 0 heterocycles. The summed E-state index contributed by atoms with van der Waals surface area (Å²) in [7, 11) is 0. The second kappa shape index (κ2) is 5.13. The smallest absolute Gasteiger partial charge is 0.0148 e. The lowest BCUT2D eigenvalue weighted by Gasteiger charge is -2.06. The summed E-state index contributed by atoms with van der Waals surface area (Å²) < 4.78 is 0. The van der Waals surface area contributed by atoms with Gasteiger partial charge in [-0.05, 0) is 29.9 Å². The molecule has 0 spiro atoms. The van der Waals surface area contributed by atoms with Crippen molar-refractivity contribution in [1.82, 2.24) is 0 Å². The van der Waals surface area contributed by atoms with Gasteiger partial charge in [-0.3, -0.25) is 0 Å². The van der Waals surface area contributed by atoms with Crippen molar-refractivity contribution in [2.24, 2.45) is 0 Å². The maximum absolute atomic E-state index is 4.04. The van der Waals surface area contributed by atoms with Crippen LogP contribution >= 0.6 is 11.8 Å². The Morgan fingerprint density at radius 3 is 2.69 bits per heavy atom. The average molecular weight is 192 g/mol. The Labute approximate surface area is 85.1 Å². The Morgan fingerprint density at radius 1 is 1.38 bits per heavy atom. The average Bonchev–Trinajstić information content (AvgIpc) is 2.09. The maximum Gasteiger partial charge on any atom is 0.0148 e. The fourth-order valence-corrected chi connectivity index (χ4v) is 2.15. The molecule has 0 fully saturated rings. The summed E-state index contributed by atoms with van der Waals surface area (Å²) in [6.45, 7) is 8.37. The Morgan fingerprint density at radius 2 is 2.08 bits per heavy atom. The number of benzene rings is 1. The Bertz CT molecular complexity index is 289. The van der Waals surface area contributed by atoms with Crippen LogP contribution in [0.2, 0.25) is 0 Å². The lowest BCUT2D eigenvalue weighted by molar-refractivity contribution is 0.949. The molecule has 0 radical (unpaired) electrons. The zero-order valence-electron chi connectivity index (χ0n) is 8.34. The molecule has 0 aliphatic rings. The Kier molecular flexibility index (Phi) is 4.10. The van der Waals surface area contributed by atoms with Gasteiger partial charge in [0.1, 0.15) is 0 Å². The number of rotatable bonds is 4. The molecular weight excluding hydrogens is 176 g/mol. The van der Waals surface area contributed by atoms with Gasteiger partial charge in [0, 0.05) is 4.90 Å². The minimum Gasteiger partial charge on any atom is -0.0949 e. The minimum absolute atomic E-state index is 1.11. The highest BCUT2D eigenvalue weighted by atomic mass is 32.2. The van der Waals surface area contributed by atoms with Crippen LogP contribution in [-0.2, 0) is 0 Å². The van der Waals surface area contributed by atoms with Gasteiger partial charge in [-0.1, -0.05) is 49.9 Å². The predicted molar refractivity (Wildman–Crippen MR) is 61.1 cm³/mol. The second-order valence-corrected chi connectivity index (χ2v) is 4.38. The summed E-state index contributed by atoms with van der Waals surface area (Å²) in [6.07, 6.45) is 2.29. The first-order chi connectivity index (χ1) is 6.24. The van der Waals surface area contributed by atoms with E-state index >= 15 is 0 Å². The summed E-state index contributed by atoms with van der Waals surface area (Å²) >= 11 is 1.80. The van der Waals surface area contributed by atoms with Crippen molar-refractivity contribution in [2.45, 2.75) is 31.6 Å². The highest BCUT2D eigenvalue weighted by Crippen LogP contribution is 2.30. The normalized spacial score (nSPS) is 10.0. The van der Waals surface area contributed by atoms with Crippen LogP contribution in [0.4, 0.5) is 0 Å². The summed E-state index contributed by atoms with van der Waals surface area (Å²) in [6, 6.07) is 8.44. The summed E-state index contributed by atoms with van der Waals surface area (Å²) in [5.74, 6) is 0. The third kappa shape index (κ3) is 3.27. The van der Waals surface area contributed by atoms with E-state index in [1.807, 2.05) is 0 Å². The SMILES string of the molecule is C=C(CCC)Sc1ccccc1C. The third-order valence-electron chi connectivity index (χ3n) is 1.88. The number of aryl methyl sites for hydroxylation is 1. The Balaban J connectivity index is 2.63. The van der Waals surface area contributed by atoms with Crippen LogP contribution in [0.3, 0.4) is 0 Å². The van der Waals surface area contributed by atoms with Crippen molar-refractivity contribution in [3.63, 3.8) is 0 Å². The van der Waals surface area contributed by atoms with Crippen molar-refractivity contribution in [1.29, 1.82) is 0 Å². The van der Waals surface area contributed by atoms with Crippen molar-refractivity contribution in [2.75, 3.05) is 0 Å². The summed E-state index contributed by atoms with van der Waals surface area (Å²) in [4.78, 5) is 2.60. The van der Waals surface area contributed by atoms with Crippen molar-refractivity contribution in [3.05, 3.63) is 41.3 Å². The van der Waals surface area contributed by atoms with Gasteiger partial charge in [-0.15, -0.1) is 0 Å². The quantitative estimate of drug-likeness (QED) is 0.637. The lowest BCUT2D eigenvalue weighted by atomic mass is 10.2. The van der Waals surface area contributed by atoms with Gasteiger partial charge in [0.15, 0.2) is 0 Å². The van der Waals surface area contributed by atoms with Crippen molar-refractivity contribution in [3.8, 4) is 0 Å². The molecule has 0 atom stereocenters. The van der Waals surface area contributed by atoms with Gasteiger partial charge < -0.3 is 0 Å². The van der Waals surface area contributed by atoms with Crippen molar-refractivity contribution >= 4 is 11.8 Å². The number of hydrogen-bond acceptors (Lipinski definition) is 1. The molecule has 0 nitrogen and oxygen atoms in total. The largest absolute Gasteiger partial charge is 0.0949 e. The molecule has 1 heteroatoms. The molecule has 1 aromatic rings. The van der Waals surface area contributed by atoms with Crippen molar-refractivity contribution < 1.29 is 0 Å². The van der Waals surface area contributed by atoms with E-state index in [1.165, 1.54) is 21.8 Å². The first-order valence-corrected chi connectivity index (χ1v) is 5.47. The van der Waals surface area contributed by atoms with Gasteiger partial charge in [-0.2, -0.15) is 0 Å². The highest BCUT2D eigenvalue weighted by molar-refractivity contribution is 8.03. The van der Waals surface area contributed by atoms with Gasteiger partial charge in [0.25, 0.3) is 0 Å². The maximum atomic E-state index is 4.04. The summed E-state index contributed by atoms with van der Waals surface area (Å²) in [5, 5.41) is 0. The van der Waals surface area contributed by atoms with Crippen LogP contribution in [0, 0.1) is 6.92 Å². The standard InChI is InChI=1S/C12H16S/c1-4-7-11(3)13-12-9-6-5-8-10(12)2/h5-6,8-9H,3-4,7H2,1-2H3. The highest BCUT2D eigenvalue weighted by Gasteiger charge is 1.99. The van der Waals surface area contributed by atoms with Crippen LogP contribution in [-0.4, -0.2) is 0 Å². The molecule has 0 aromatic heterocycles. The van der Waals surface area contributed by atoms with Crippen LogP contribution in [0.1, 0.15) is 25.3 Å². The van der Waals surface area contributed by atoms with Gasteiger partial charge in [-0.25, -0.2) is 0 Å². The molecule has 0 bridgehead atoms. The second-order valence-electron chi connectivity index (χ2n) is 3.16. The molecule has 0 unspecified atom stereocenters. The lowest BCUT2D eigenvalue weighted by Crippen LogP contribution is -1.79. The third-order valence-corrected chi connectivity index (χ3v) is 3.05. The minimum atomic E-state index is 1.11. The summed E-state index contributed by atoms with van der Waals surface area (Å²) in [5.41, 5.74) is 1.34. The topological polar surface area (TPSA) is 0 Å². The molecule has 0 saturated heterocycles.